The summed E-state index contributed by atoms with van der Waals surface area (Å²) in [6.45, 7) is 1.87. The van der Waals surface area contributed by atoms with Crippen LogP contribution in [0.3, 0.4) is 0 Å². The van der Waals surface area contributed by atoms with E-state index in [0.717, 1.165) is 19.3 Å². The number of halogens is 1. The molecule has 2 aromatic carbocycles. The number of anilines is 1. The number of carbonyl (C=O) groups is 5. The minimum Gasteiger partial charge on any atom is -0.462 e. The number of nitrogens with one attached hydrogen (secondary N) is 2. The highest BCUT2D eigenvalue weighted by atomic mass is 35.5. The predicted molar refractivity (Wildman–Crippen MR) is 135 cm³/mol. The van der Waals surface area contributed by atoms with Gasteiger partial charge < -0.3 is 14.4 Å². The van der Waals surface area contributed by atoms with E-state index in [1.54, 1.807) is 24.3 Å². The minimum atomic E-state index is -0.757. The molecule has 11 heteroatoms. The molecule has 1 aliphatic rings. The number of benzene rings is 2. The fraction of sp³-hybridized carbons (Fsp3) is 0.346. The third-order valence-electron chi connectivity index (χ3n) is 5.62. The number of carbonyl (C=O) groups excluding carboxylic acids is 5. The van der Waals surface area contributed by atoms with Gasteiger partial charge in [-0.05, 0) is 55.0 Å². The quantitative estimate of drug-likeness (QED) is 0.275. The van der Waals surface area contributed by atoms with E-state index in [2.05, 4.69) is 17.8 Å². The van der Waals surface area contributed by atoms with E-state index in [1.165, 1.54) is 29.2 Å². The van der Waals surface area contributed by atoms with Crippen molar-refractivity contribution in [3.63, 3.8) is 0 Å². The minimum absolute atomic E-state index is 0.0744. The van der Waals surface area contributed by atoms with Crippen molar-refractivity contribution in [2.24, 2.45) is 5.92 Å². The number of hydrogen-bond donors (Lipinski definition) is 2. The van der Waals surface area contributed by atoms with E-state index in [1.807, 2.05) is 0 Å². The monoisotopic (exact) mass is 529 g/mol. The molecule has 0 aromatic heterocycles. The molecular weight excluding hydrogens is 502 g/mol. The van der Waals surface area contributed by atoms with Gasteiger partial charge in [0.2, 0.25) is 5.91 Å². The second kappa shape index (κ2) is 13.4. The zero-order valence-corrected chi connectivity index (χ0v) is 21.1. The molecule has 0 bridgehead atoms. The van der Waals surface area contributed by atoms with E-state index in [4.69, 9.17) is 21.1 Å². The Kier molecular flexibility index (Phi) is 10.0. The zero-order valence-electron chi connectivity index (χ0n) is 20.3. The van der Waals surface area contributed by atoms with Crippen LogP contribution >= 0.6 is 11.6 Å². The molecule has 37 heavy (non-hydrogen) atoms. The van der Waals surface area contributed by atoms with Crippen LogP contribution in [-0.2, 0) is 23.9 Å². The highest BCUT2D eigenvalue weighted by Gasteiger charge is 2.36. The highest BCUT2D eigenvalue weighted by Crippen LogP contribution is 2.26. The molecule has 1 aliphatic heterocycles. The Morgan fingerprint density at radius 1 is 0.946 bits per heavy atom. The number of unbranched alkanes of at least 4 members (excludes halogenated alkanes) is 2. The summed E-state index contributed by atoms with van der Waals surface area (Å²) in [7, 11) is 0. The topological polar surface area (TPSA) is 131 Å². The van der Waals surface area contributed by atoms with Crippen LogP contribution in [0.15, 0.2) is 48.5 Å². The Morgan fingerprint density at radius 2 is 1.62 bits per heavy atom. The van der Waals surface area contributed by atoms with Crippen LogP contribution in [0.25, 0.3) is 0 Å². The van der Waals surface area contributed by atoms with Crippen molar-refractivity contribution < 1.29 is 33.4 Å². The van der Waals surface area contributed by atoms with Gasteiger partial charge in [0.05, 0.1) is 18.1 Å². The van der Waals surface area contributed by atoms with E-state index < -0.39 is 36.3 Å². The van der Waals surface area contributed by atoms with E-state index in [9.17, 15) is 24.0 Å². The Labute approximate surface area is 219 Å². The number of nitrogens with zero attached hydrogens (tertiary/aromatic N) is 1. The zero-order chi connectivity index (χ0) is 26.8. The molecule has 0 unspecified atom stereocenters. The van der Waals surface area contributed by atoms with Gasteiger partial charge in [-0.3, -0.25) is 30.0 Å². The van der Waals surface area contributed by atoms with Crippen LogP contribution in [-0.4, -0.2) is 49.4 Å². The lowest BCUT2D eigenvalue weighted by Crippen LogP contribution is -2.43. The lowest BCUT2D eigenvalue weighted by Gasteiger charge is -2.17. The van der Waals surface area contributed by atoms with Gasteiger partial charge in [0, 0.05) is 29.2 Å². The first-order valence-electron chi connectivity index (χ1n) is 11.9. The molecule has 1 heterocycles. The Balaban J connectivity index is 1.43. The predicted octanol–water partition coefficient (Wildman–Crippen LogP) is 3.04. The molecule has 1 fully saturated rings. The van der Waals surface area contributed by atoms with Crippen molar-refractivity contribution >= 4 is 46.9 Å². The maximum Gasteiger partial charge on any atom is 0.338 e. The number of amides is 3. The van der Waals surface area contributed by atoms with Gasteiger partial charge in [-0.1, -0.05) is 31.4 Å². The molecule has 0 spiro atoms. The van der Waals surface area contributed by atoms with Gasteiger partial charge in [0.1, 0.15) is 0 Å². The Hall–Kier alpha value is -3.92. The summed E-state index contributed by atoms with van der Waals surface area (Å²) in [5.74, 6) is -3.48. The maximum atomic E-state index is 12.5. The maximum absolute atomic E-state index is 12.5. The third-order valence-corrected chi connectivity index (χ3v) is 5.87. The summed E-state index contributed by atoms with van der Waals surface area (Å²) in [6.07, 6.45) is 2.74. The molecule has 3 amide bonds. The first-order chi connectivity index (χ1) is 17.8. The fourth-order valence-corrected chi connectivity index (χ4v) is 3.71. The largest absolute Gasteiger partial charge is 0.462 e. The first-order valence-corrected chi connectivity index (χ1v) is 12.2. The van der Waals surface area contributed by atoms with Gasteiger partial charge in [-0.25, -0.2) is 4.79 Å². The lowest BCUT2D eigenvalue weighted by atomic mass is 10.1. The van der Waals surface area contributed by atoms with Gasteiger partial charge in [0.25, 0.3) is 11.8 Å². The number of hydrogen-bond acceptors (Lipinski definition) is 7. The Morgan fingerprint density at radius 3 is 2.30 bits per heavy atom. The Bertz CT molecular complexity index is 1140. The molecule has 2 aromatic rings. The van der Waals surface area contributed by atoms with Crippen LogP contribution in [0.1, 0.15) is 53.3 Å². The number of hydrazine groups is 1. The van der Waals surface area contributed by atoms with Crippen molar-refractivity contribution in [3.05, 3.63) is 64.7 Å². The van der Waals surface area contributed by atoms with E-state index >= 15 is 0 Å². The second-order valence-corrected chi connectivity index (χ2v) is 8.85. The summed E-state index contributed by atoms with van der Waals surface area (Å²) in [5, 5.41) is 0.464. The normalized spacial score (nSPS) is 14.7. The average molecular weight is 530 g/mol. The van der Waals surface area contributed by atoms with Crippen LogP contribution in [0.2, 0.25) is 5.02 Å². The van der Waals surface area contributed by atoms with Crippen LogP contribution in [0.4, 0.5) is 5.69 Å². The fourth-order valence-electron chi connectivity index (χ4n) is 3.58. The standard InChI is InChI=1S/C26H28ClN3O7/c1-2-3-4-13-36-25(34)18-7-11-21(12-8-18)30-15-19(14-23(30)32)26(35)37-16-22(31)28-29-24(33)17-5-9-20(27)10-6-17/h5-12,19H,2-4,13-16H2,1H3,(H,28,31)(H,29,33)/t19-/m0/s1. The first kappa shape index (κ1) is 27.7. The number of esters is 2. The number of rotatable bonds is 10. The van der Waals surface area contributed by atoms with Crippen molar-refractivity contribution in [2.45, 2.75) is 32.6 Å². The molecular formula is C26H28ClN3O7. The molecule has 1 saturated heterocycles. The smallest absolute Gasteiger partial charge is 0.338 e. The summed E-state index contributed by atoms with van der Waals surface area (Å²) in [5.41, 5.74) is 5.55. The molecule has 2 N–H and O–H groups in total. The van der Waals surface area contributed by atoms with Gasteiger partial charge in [-0.15, -0.1) is 0 Å². The summed E-state index contributed by atoms with van der Waals surface area (Å²) < 4.78 is 10.2. The van der Waals surface area contributed by atoms with Gasteiger partial charge >= 0.3 is 11.9 Å². The van der Waals surface area contributed by atoms with Gasteiger partial charge in [0.15, 0.2) is 6.61 Å². The molecule has 1 atom stereocenters. The van der Waals surface area contributed by atoms with Crippen molar-refractivity contribution in [2.75, 3.05) is 24.7 Å². The van der Waals surface area contributed by atoms with Crippen molar-refractivity contribution in [1.29, 1.82) is 0 Å². The molecule has 196 valence electrons. The molecule has 0 radical (unpaired) electrons. The second-order valence-electron chi connectivity index (χ2n) is 8.41. The molecule has 3 rings (SSSR count). The summed E-state index contributed by atoms with van der Waals surface area (Å²) in [6, 6.07) is 12.4. The van der Waals surface area contributed by atoms with Crippen molar-refractivity contribution in [3.8, 4) is 0 Å². The SMILES string of the molecule is CCCCCOC(=O)c1ccc(N2C[C@@H](C(=O)OCC(=O)NNC(=O)c3ccc(Cl)cc3)CC2=O)cc1. The van der Waals surface area contributed by atoms with Crippen LogP contribution in [0.5, 0.6) is 0 Å². The highest BCUT2D eigenvalue weighted by molar-refractivity contribution is 6.30. The number of ether oxygens (including phenoxy) is 2. The molecule has 10 nitrogen and oxygen atoms in total. The van der Waals surface area contributed by atoms with E-state index in [0.29, 0.717) is 22.9 Å². The van der Waals surface area contributed by atoms with E-state index in [-0.39, 0.29) is 24.4 Å². The third kappa shape index (κ3) is 8.04. The van der Waals surface area contributed by atoms with Crippen LogP contribution in [0, 0.1) is 5.92 Å². The summed E-state index contributed by atoms with van der Waals surface area (Å²) in [4.78, 5) is 62.4. The summed E-state index contributed by atoms with van der Waals surface area (Å²) >= 11 is 5.77. The van der Waals surface area contributed by atoms with Gasteiger partial charge in [-0.2, -0.15) is 0 Å². The average Bonchev–Trinajstić information content (AvgIpc) is 3.30. The van der Waals surface area contributed by atoms with Crippen LogP contribution < -0.4 is 15.8 Å². The molecule has 0 saturated carbocycles. The lowest BCUT2D eigenvalue weighted by molar-refractivity contribution is -0.152. The van der Waals surface area contributed by atoms with Crippen molar-refractivity contribution in [1.82, 2.24) is 10.9 Å². The molecule has 0 aliphatic carbocycles.